The average molecular weight is 529 g/mol. The first-order chi connectivity index (χ1) is 14.9. The van der Waals surface area contributed by atoms with Crippen LogP contribution in [0, 0.1) is 0 Å². The predicted octanol–water partition coefficient (Wildman–Crippen LogP) is 5.22. The van der Waals surface area contributed by atoms with Gasteiger partial charge >= 0.3 is 6.18 Å². The Morgan fingerprint density at radius 2 is 1.78 bits per heavy atom. The van der Waals surface area contributed by atoms with Gasteiger partial charge in [0, 0.05) is 17.3 Å². The summed E-state index contributed by atoms with van der Waals surface area (Å²) in [4.78, 5) is 12.3. The van der Waals surface area contributed by atoms with Crippen molar-refractivity contribution in [3.8, 4) is 0 Å². The standard InChI is InChI=1S/C20H21Cl2F3N2O3S2/c1-32(29,30)27(18-11-15(20(23,24)25)5-8-17(18)22)12-19(28)26-9-2-10-31-13-14-3-6-16(21)7-4-14/h3-8,11H,2,9-10,12-13H2,1H3,(H,26,28). The van der Waals surface area contributed by atoms with Crippen LogP contribution in [0.1, 0.15) is 17.5 Å². The van der Waals surface area contributed by atoms with E-state index in [1.54, 1.807) is 11.8 Å². The second kappa shape index (κ2) is 11.5. The van der Waals surface area contributed by atoms with E-state index in [9.17, 15) is 26.4 Å². The summed E-state index contributed by atoms with van der Waals surface area (Å²) in [5.74, 6) is 0.880. The van der Waals surface area contributed by atoms with Crippen LogP contribution in [-0.2, 0) is 26.7 Å². The quantitative estimate of drug-likeness (QED) is 0.429. The van der Waals surface area contributed by atoms with Crippen LogP contribution >= 0.6 is 35.0 Å². The van der Waals surface area contributed by atoms with Crippen molar-refractivity contribution in [3.05, 3.63) is 63.6 Å². The monoisotopic (exact) mass is 528 g/mol. The van der Waals surface area contributed by atoms with Gasteiger partial charge in [-0.25, -0.2) is 8.42 Å². The molecule has 0 spiro atoms. The third-order valence-electron chi connectivity index (χ3n) is 4.20. The molecule has 32 heavy (non-hydrogen) atoms. The van der Waals surface area contributed by atoms with E-state index < -0.39 is 39.9 Å². The molecule has 0 saturated carbocycles. The van der Waals surface area contributed by atoms with Crippen molar-refractivity contribution in [2.24, 2.45) is 0 Å². The lowest BCUT2D eigenvalue weighted by Gasteiger charge is -2.24. The number of nitrogens with zero attached hydrogens (tertiary/aromatic N) is 1. The highest BCUT2D eigenvalue weighted by Crippen LogP contribution is 2.36. The second-order valence-corrected chi connectivity index (χ2v) is 10.7. The average Bonchev–Trinajstić information content (AvgIpc) is 2.69. The minimum atomic E-state index is -4.69. The second-order valence-electron chi connectivity index (χ2n) is 6.82. The first-order valence-electron chi connectivity index (χ1n) is 9.31. The summed E-state index contributed by atoms with van der Waals surface area (Å²) >= 11 is 13.4. The van der Waals surface area contributed by atoms with E-state index in [-0.39, 0.29) is 5.02 Å². The van der Waals surface area contributed by atoms with Gasteiger partial charge in [-0.15, -0.1) is 0 Å². The summed E-state index contributed by atoms with van der Waals surface area (Å²) in [5.41, 5.74) is -0.355. The molecule has 0 atom stereocenters. The Hall–Kier alpha value is -1.62. The Morgan fingerprint density at radius 1 is 1.12 bits per heavy atom. The molecule has 0 fully saturated rings. The van der Waals surface area contributed by atoms with E-state index in [0.717, 1.165) is 35.5 Å². The third-order valence-corrected chi connectivity index (χ3v) is 7.01. The van der Waals surface area contributed by atoms with Crippen LogP contribution in [0.2, 0.25) is 10.0 Å². The lowest BCUT2D eigenvalue weighted by atomic mass is 10.2. The number of carbonyl (C=O) groups excluding carboxylic acids is 1. The molecule has 0 aliphatic carbocycles. The number of sulfonamides is 1. The molecule has 0 heterocycles. The number of alkyl halides is 3. The van der Waals surface area contributed by atoms with Crippen LogP contribution in [0.15, 0.2) is 42.5 Å². The molecular formula is C20H21Cl2F3N2O3S2. The Balaban J connectivity index is 1.90. The first kappa shape index (κ1) is 26.6. The first-order valence-corrected chi connectivity index (χ1v) is 13.1. The van der Waals surface area contributed by atoms with Crippen molar-refractivity contribution in [2.75, 3.05) is 29.4 Å². The van der Waals surface area contributed by atoms with E-state index in [1.165, 1.54) is 0 Å². The number of hydrogen-bond acceptors (Lipinski definition) is 4. The fraction of sp³-hybridized carbons (Fsp3) is 0.350. The molecule has 0 bridgehead atoms. The molecule has 0 aliphatic rings. The normalized spacial score (nSPS) is 11.9. The van der Waals surface area contributed by atoms with Gasteiger partial charge in [-0.1, -0.05) is 35.3 Å². The zero-order valence-corrected chi connectivity index (χ0v) is 20.1. The fourth-order valence-electron chi connectivity index (χ4n) is 2.62. The summed E-state index contributed by atoms with van der Waals surface area (Å²) in [7, 11) is -4.06. The van der Waals surface area contributed by atoms with Crippen molar-refractivity contribution < 1.29 is 26.4 Å². The number of thioether (sulfide) groups is 1. The van der Waals surface area contributed by atoms with Gasteiger partial charge in [0.2, 0.25) is 15.9 Å². The van der Waals surface area contributed by atoms with Crippen molar-refractivity contribution in [1.82, 2.24) is 5.32 Å². The summed E-state index contributed by atoms with van der Waals surface area (Å²) in [6, 6.07) is 9.78. The minimum Gasteiger partial charge on any atom is -0.354 e. The molecule has 2 aromatic rings. The highest BCUT2D eigenvalue weighted by Gasteiger charge is 2.33. The van der Waals surface area contributed by atoms with Gasteiger partial charge in [-0.2, -0.15) is 24.9 Å². The van der Waals surface area contributed by atoms with E-state index >= 15 is 0 Å². The van der Waals surface area contributed by atoms with Crippen LogP contribution in [0.3, 0.4) is 0 Å². The van der Waals surface area contributed by atoms with Crippen molar-refractivity contribution in [3.63, 3.8) is 0 Å². The van der Waals surface area contributed by atoms with Crippen molar-refractivity contribution in [2.45, 2.75) is 18.3 Å². The zero-order chi connectivity index (χ0) is 23.9. The van der Waals surface area contributed by atoms with Gasteiger partial charge in [-0.05, 0) is 48.1 Å². The topological polar surface area (TPSA) is 66.5 Å². The van der Waals surface area contributed by atoms with Gasteiger partial charge in [0.1, 0.15) is 6.54 Å². The summed E-state index contributed by atoms with van der Waals surface area (Å²) < 4.78 is 63.9. The lowest BCUT2D eigenvalue weighted by Crippen LogP contribution is -2.41. The van der Waals surface area contributed by atoms with Crippen LogP contribution in [0.5, 0.6) is 0 Å². The number of hydrogen-bond donors (Lipinski definition) is 1. The smallest absolute Gasteiger partial charge is 0.354 e. The number of anilines is 1. The van der Waals surface area contributed by atoms with E-state index in [0.29, 0.717) is 28.4 Å². The molecule has 176 valence electrons. The van der Waals surface area contributed by atoms with Crippen LogP contribution in [0.4, 0.5) is 18.9 Å². The minimum absolute atomic E-state index is 0.213. The van der Waals surface area contributed by atoms with Crippen molar-refractivity contribution in [1.29, 1.82) is 0 Å². The zero-order valence-electron chi connectivity index (χ0n) is 17.0. The fourth-order valence-corrected chi connectivity index (χ4v) is 4.80. The number of amides is 1. The highest BCUT2D eigenvalue weighted by atomic mass is 35.5. The molecule has 12 heteroatoms. The molecule has 0 saturated heterocycles. The molecule has 0 aliphatic heterocycles. The Morgan fingerprint density at radius 3 is 2.38 bits per heavy atom. The number of benzene rings is 2. The number of rotatable bonds is 10. The maximum absolute atomic E-state index is 13.0. The SMILES string of the molecule is CS(=O)(=O)N(CC(=O)NCCCSCc1ccc(Cl)cc1)c1cc(C(F)(F)F)ccc1Cl. The van der Waals surface area contributed by atoms with Crippen LogP contribution in [-0.4, -0.2) is 39.4 Å². The molecule has 0 unspecified atom stereocenters. The maximum atomic E-state index is 13.0. The molecule has 0 aromatic heterocycles. The van der Waals surface area contributed by atoms with Gasteiger partial charge in [-0.3, -0.25) is 9.10 Å². The van der Waals surface area contributed by atoms with Gasteiger partial charge < -0.3 is 5.32 Å². The number of nitrogens with one attached hydrogen (secondary N) is 1. The molecule has 2 aromatic carbocycles. The largest absolute Gasteiger partial charge is 0.416 e. The highest BCUT2D eigenvalue weighted by molar-refractivity contribution is 7.98. The Bertz CT molecular complexity index is 1030. The number of carbonyl (C=O) groups is 1. The summed E-state index contributed by atoms with van der Waals surface area (Å²) in [6.07, 6.45) is -3.26. The third kappa shape index (κ3) is 8.38. The molecule has 0 radical (unpaired) electrons. The maximum Gasteiger partial charge on any atom is 0.416 e. The van der Waals surface area contributed by atoms with Gasteiger partial charge in [0.25, 0.3) is 0 Å². The molecule has 1 amide bonds. The van der Waals surface area contributed by atoms with Crippen LogP contribution < -0.4 is 9.62 Å². The Kier molecular flexibility index (Phi) is 9.56. The Labute approximate surface area is 199 Å². The molecular weight excluding hydrogens is 508 g/mol. The predicted molar refractivity (Wildman–Crippen MR) is 124 cm³/mol. The van der Waals surface area contributed by atoms with E-state index in [4.69, 9.17) is 23.2 Å². The lowest BCUT2D eigenvalue weighted by molar-refractivity contribution is -0.137. The van der Waals surface area contributed by atoms with Crippen molar-refractivity contribution >= 4 is 56.6 Å². The van der Waals surface area contributed by atoms with E-state index in [2.05, 4.69) is 5.32 Å². The van der Waals surface area contributed by atoms with Crippen LogP contribution in [0.25, 0.3) is 0 Å². The molecule has 1 N–H and O–H groups in total. The molecule has 5 nitrogen and oxygen atoms in total. The van der Waals surface area contributed by atoms with E-state index in [1.807, 2.05) is 24.3 Å². The molecule has 2 rings (SSSR count). The number of halogens is 5. The summed E-state index contributed by atoms with van der Waals surface area (Å²) in [5, 5.41) is 3.03. The van der Waals surface area contributed by atoms with Gasteiger partial charge in [0.15, 0.2) is 0 Å². The van der Waals surface area contributed by atoms with Gasteiger partial charge in [0.05, 0.1) is 22.5 Å². The summed E-state index contributed by atoms with van der Waals surface area (Å²) in [6.45, 7) is -0.391.